The van der Waals surface area contributed by atoms with Gasteiger partial charge in [-0.15, -0.1) is 0 Å². The molecular formula is C24H22Br2N2O3. The zero-order valence-corrected chi connectivity index (χ0v) is 20.4. The Morgan fingerprint density at radius 1 is 1.03 bits per heavy atom. The number of carbonyl (C=O) groups excluding carboxylic acids is 1. The fourth-order valence-electron chi connectivity index (χ4n) is 2.80. The third-order valence-corrected chi connectivity index (χ3v) is 5.55. The van der Waals surface area contributed by atoms with E-state index in [1.54, 1.807) is 19.4 Å². The van der Waals surface area contributed by atoms with Crippen molar-refractivity contribution < 1.29 is 14.3 Å². The molecule has 5 nitrogen and oxygen atoms in total. The normalized spacial score (nSPS) is 10.8. The lowest BCUT2D eigenvalue weighted by molar-refractivity contribution is -0.120. The number of hydrogen-bond donors (Lipinski definition) is 1. The van der Waals surface area contributed by atoms with Gasteiger partial charge in [-0.3, -0.25) is 4.79 Å². The van der Waals surface area contributed by atoms with E-state index in [0.717, 1.165) is 31.2 Å². The van der Waals surface area contributed by atoms with Gasteiger partial charge in [-0.05, 0) is 63.8 Å². The van der Waals surface area contributed by atoms with Crippen molar-refractivity contribution in [3.8, 4) is 11.5 Å². The molecule has 0 aliphatic heterocycles. The summed E-state index contributed by atoms with van der Waals surface area (Å²) in [5.41, 5.74) is 6.45. The summed E-state index contributed by atoms with van der Waals surface area (Å²) in [4.78, 5) is 12.1. The van der Waals surface area contributed by atoms with E-state index >= 15 is 0 Å². The molecule has 0 aliphatic rings. The molecule has 0 bridgehead atoms. The Hall–Kier alpha value is -2.64. The van der Waals surface area contributed by atoms with Crippen LogP contribution in [0.4, 0.5) is 0 Å². The summed E-state index contributed by atoms with van der Waals surface area (Å²) in [6, 6.07) is 19.4. The zero-order valence-electron chi connectivity index (χ0n) is 17.2. The van der Waals surface area contributed by atoms with Gasteiger partial charge >= 0.3 is 0 Å². The zero-order chi connectivity index (χ0) is 22.2. The van der Waals surface area contributed by atoms with Gasteiger partial charge in [-0.1, -0.05) is 57.9 Å². The van der Waals surface area contributed by atoms with Crippen LogP contribution < -0.4 is 14.9 Å². The van der Waals surface area contributed by atoms with Crippen molar-refractivity contribution in [1.29, 1.82) is 0 Å². The first kappa shape index (κ1) is 23.0. The molecule has 1 amide bonds. The number of nitrogens with zero attached hydrogens (tertiary/aromatic N) is 1. The molecule has 0 radical (unpaired) electrons. The van der Waals surface area contributed by atoms with Crippen LogP contribution >= 0.6 is 31.9 Å². The molecule has 3 aromatic rings. The SMILES string of the molecule is COc1cc(/C=N/NC(=O)Cc2ccc(C)cc2)cc(Br)c1OCc1ccc(Br)cc1. The Labute approximate surface area is 198 Å². The van der Waals surface area contributed by atoms with Crippen LogP contribution in [-0.2, 0) is 17.8 Å². The largest absolute Gasteiger partial charge is 0.493 e. The highest BCUT2D eigenvalue weighted by Gasteiger charge is 2.12. The number of aryl methyl sites for hydroxylation is 1. The summed E-state index contributed by atoms with van der Waals surface area (Å²) in [6.45, 7) is 2.42. The van der Waals surface area contributed by atoms with Gasteiger partial charge in [-0.25, -0.2) is 5.43 Å². The first-order chi connectivity index (χ1) is 14.9. The Morgan fingerprint density at radius 2 is 1.71 bits per heavy atom. The molecule has 0 aromatic heterocycles. The summed E-state index contributed by atoms with van der Waals surface area (Å²) in [5.74, 6) is 0.991. The minimum Gasteiger partial charge on any atom is -0.493 e. The predicted molar refractivity (Wildman–Crippen MR) is 130 cm³/mol. The number of rotatable bonds is 8. The van der Waals surface area contributed by atoms with Gasteiger partial charge in [0.05, 0.1) is 24.2 Å². The molecule has 3 rings (SSSR count). The fourth-order valence-corrected chi connectivity index (χ4v) is 3.64. The number of hydrazone groups is 1. The van der Waals surface area contributed by atoms with Crippen LogP contribution in [0.5, 0.6) is 11.5 Å². The number of ether oxygens (including phenoxy) is 2. The van der Waals surface area contributed by atoms with Crippen molar-refractivity contribution >= 4 is 44.0 Å². The smallest absolute Gasteiger partial charge is 0.244 e. The van der Waals surface area contributed by atoms with Crippen LogP contribution in [0.3, 0.4) is 0 Å². The Kier molecular flexibility index (Phi) is 8.26. The maximum atomic E-state index is 12.1. The van der Waals surface area contributed by atoms with E-state index in [-0.39, 0.29) is 12.3 Å². The summed E-state index contributed by atoms with van der Waals surface area (Å²) >= 11 is 6.96. The minimum atomic E-state index is -0.180. The van der Waals surface area contributed by atoms with Crippen LogP contribution in [0.1, 0.15) is 22.3 Å². The van der Waals surface area contributed by atoms with Gasteiger partial charge in [0.15, 0.2) is 11.5 Å². The Balaban J connectivity index is 1.62. The van der Waals surface area contributed by atoms with Crippen molar-refractivity contribution in [2.75, 3.05) is 7.11 Å². The quantitative estimate of drug-likeness (QED) is 0.287. The van der Waals surface area contributed by atoms with Crippen molar-refractivity contribution in [2.45, 2.75) is 20.0 Å². The summed E-state index contributed by atoms with van der Waals surface area (Å²) in [7, 11) is 1.58. The molecule has 0 aliphatic carbocycles. The second kappa shape index (κ2) is 11.1. The molecule has 3 aromatic carbocycles. The standard InChI is InChI=1S/C24H22Br2N2O3/c1-16-3-5-17(6-4-16)13-23(29)28-27-14-19-11-21(26)24(22(12-19)30-2)31-15-18-7-9-20(25)10-8-18/h3-12,14H,13,15H2,1-2H3,(H,28,29)/b27-14+. The molecule has 0 saturated carbocycles. The lowest BCUT2D eigenvalue weighted by Gasteiger charge is -2.13. The second-order valence-corrected chi connectivity index (χ2v) is 8.67. The molecule has 1 N–H and O–H groups in total. The average molecular weight is 546 g/mol. The summed E-state index contributed by atoms with van der Waals surface area (Å²) in [5, 5.41) is 4.06. The van der Waals surface area contributed by atoms with Crippen molar-refractivity contribution in [1.82, 2.24) is 5.43 Å². The first-order valence-electron chi connectivity index (χ1n) is 9.57. The van der Waals surface area contributed by atoms with Crippen LogP contribution in [0.15, 0.2) is 74.7 Å². The van der Waals surface area contributed by atoms with Crippen LogP contribution in [0.2, 0.25) is 0 Å². The minimum absolute atomic E-state index is 0.180. The maximum Gasteiger partial charge on any atom is 0.244 e. The first-order valence-corrected chi connectivity index (χ1v) is 11.2. The van der Waals surface area contributed by atoms with Crippen LogP contribution in [-0.4, -0.2) is 19.2 Å². The van der Waals surface area contributed by atoms with Gasteiger partial charge in [0, 0.05) is 4.47 Å². The van der Waals surface area contributed by atoms with Gasteiger partial charge < -0.3 is 9.47 Å². The number of amides is 1. The number of nitrogens with one attached hydrogen (secondary N) is 1. The third kappa shape index (κ3) is 6.94. The van der Waals surface area contributed by atoms with Gasteiger partial charge in [0.2, 0.25) is 5.91 Å². The Bertz CT molecular complexity index is 1070. The topological polar surface area (TPSA) is 59.9 Å². The summed E-state index contributed by atoms with van der Waals surface area (Å²) in [6.07, 6.45) is 1.84. The van der Waals surface area contributed by atoms with E-state index in [2.05, 4.69) is 42.4 Å². The highest BCUT2D eigenvalue weighted by atomic mass is 79.9. The monoisotopic (exact) mass is 544 g/mol. The highest BCUT2D eigenvalue weighted by molar-refractivity contribution is 9.10. The third-order valence-electron chi connectivity index (χ3n) is 4.44. The van der Waals surface area contributed by atoms with E-state index in [1.165, 1.54) is 0 Å². The van der Waals surface area contributed by atoms with E-state index in [1.807, 2.05) is 61.5 Å². The van der Waals surface area contributed by atoms with E-state index in [9.17, 15) is 4.79 Å². The average Bonchev–Trinajstić information content (AvgIpc) is 2.75. The number of benzene rings is 3. The van der Waals surface area contributed by atoms with Gasteiger partial charge in [-0.2, -0.15) is 5.10 Å². The second-order valence-electron chi connectivity index (χ2n) is 6.90. The fraction of sp³-hybridized carbons (Fsp3) is 0.167. The van der Waals surface area contributed by atoms with Crippen molar-refractivity contribution in [3.63, 3.8) is 0 Å². The molecule has 0 unspecified atom stereocenters. The molecule has 0 spiro atoms. The predicted octanol–water partition coefficient (Wildman–Crippen LogP) is 5.80. The molecule has 0 heterocycles. The lowest BCUT2D eigenvalue weighted by Crippen LogP contribution is -2.19. The van der Waals surface area contributed by atoms with E-state index in [4.69, 9.17) is 9.47 Å². The number of hydrogen-bond acceptors (Lipinski definition) is 4. The lowest BCUT2D eigenvalue weighted by atomic mass is 10.1. The molecular weight excluding hydrogens is 524 g/mol. The molecule has 160 valence electrons. The highest BCUT2D eigenvalue weighted by Crippen LogP contribution is 2.36. The van der Waals surface area contributed by atoms with Gasteiger partial charge in [0.1, 0.15) is 6.61 Å². The molecule has 7 heteroatoms. The van der Waals surface area contributed by atoms with Crippen LogP contribution in [0.25, 0.3) is 0 Å². The van der Waals surface area contributed by atoms with Crippen molar-refractivity contribution in [3.05, 3.63) is 91.9 Å². The van der Waals surface area contributed by atoms with Crippen LogP contribution in [0, 0.1) is 6.92 Å². The van der Waals surface area contributed by atoms with E-state index < -0.39 is 0 Å². The molecule has 31 heavy (non-hydrogen) atoms. The molecule has 0 fully saturated rings. The maximum absolute atomic E-state index is 12.1. The number of methoxy groups -OCH3 is 1. The Morgan fingerprint density at radius 3 is 2.39 bits per heavy atom. The summed E-state index contributed by atoms with van der Waals surface area (Å²) < 4.78 is 13.2. The van der Waals surface area contributed by atoms with Crippen molar-refractivity contribution in [2.24, 2.45) is 5.10 Å². The molecule has 0 atom stereocenters. The molecule has 0 saturated heterocycles. The van der Waals surface area contributed by atoms with Gasteiger partial charge in [0.25, 0.3) is 0 Å². The van der Waals surface area contributed by atoms with E-state index in [0.29, 0.717) is 18.1 Å². The number of carbonyl (C=O) groups is 1. The number of halogens is 2.